The lowest BCUT2D eigenvalue weighted by Crippen LogP contribution is -1.91. The van der Waals surface area contributed by atoms with E-state index in [1.807, 2.05) is 31.2 Å². The van der Waals surface area contributed by atoms with E-state index >= 15 is 0 Å². The van der Waals surface area contributed by atoms with Gasteiger partial charge in [-0.2, -0.15) is 5.26 Å². The highest BCUT2D eigenvalue weighted by atomic mass is 16.3. The number of nitrogens with zero attached hydrogens (tertiary/aromatic N) is 1. The predicted molar refractivity (Wildman–Crippen MR) is 46.4 cm³/mol. The van der Waals surface area contributed by atoms with Crippen LogP contribution >= 0.6 is 0 Å². The summed E-state index contributed by atoms with van der Waals surface area (Å²) in [6, 6.07) is 9.60. The summed E-state index contributed by atoms with van der Waals surface area (Å²) in [4.78, 5) is 0. The first-order valence-corrected chi connectivity index (χ1v) is 3.87. The summed E-state index contributed by atoms with van der Waals surface area (Å²) in [5.41, 5.74) is 1.82. The maximum atomic E-state index is 8.83. The van der Waals surface area contributed by atoms with Crippen LogP contribution in [0.2, 0.25) is 0 Å². The van der Waals surface area contributed by atoms with E-state index < -0.39 is 0 Å². The van der Waals surface area contributed by atoms with E-state index in [4.69, 9.17) is 10.4 Å². The van der Waals surface area contributed by atoms with Crippen molar-refractivity contribution < 1.29 is 5.11 Å². The first-order chi connectivity index (χ1) is 5.77. The number of hydrogen-bond donors (Lipinski definition) is 1. The summed E-state index contributed by atoms with van der Waals surface area (Å²) in [6.45, 7) is 1.88. The Morgan fingerprint density at radius 2 is 2.33 bits per heavy atom. The van der Waals surface area contributed by atoms with Gasteiger partial charge in [0.05, 0.1) is 18.6 Å². The van der Waals surface area contributed by atoms with Gasteiger partial charge in [0.15, 0.2) is 0 Å². The van der Waals surface area contributed by atoms with Crippen LogP contribution in [0, 0.1) is 11.3 Å². The Morgan fingerprint density at radius 3 is 2.92 bits per heavy atom. The molecule has 1 atom stereocenters. The van der Waals surface area contributed by atoms with E-state index in [0.29, 0.717) is 0 Å². The van der Waals surface area contributed by atoms with Crippen LogP contribution in [0.25, 0.3) is 0 Å². The molecule has 0 aliphatic heterocycles. The first-order valence-electron chi connectivity index (χ1n) is 3.87. The van der Waals surface area contributed by atoms with E-state index in [1.54, 1.807) is 0 Å². The zero-order chi connectivity index (χ0) is 8.97. The van der Waals surface area contributed by atoms with Crippen molar-refractivity contribution in [3.05, 3.63) is 35.4 Å². The minimum atomic E-state index is -0.100. The van der Waals surface area contributed by atoms with E-state index in [1.165, 1.54) is 0 Å². The van der Waals surface area contributed by atoms with Crippen molar-refractivity contribution in [3.8, 4) is 6.07 Å². The molecule has 1 aromatic carbocycles. The fourth-order valence-corrected chi connectivity index (χ4v) is 1.04. The van der Waals surface area contributed by atoms with Crippen molar-refractivity contribution in [3.63, 3.8) is 0 Å². The molecule has 0 aromatic heterocycles. The quantitative estimate of drug-likeness (QED) is 0.718. The third-order valence-corrected chi connectivity index (χ3v) is 1.83. The minimum absolute atomic E-state index is 0.0337. The van der Waals surface area contributed by atoms with Crippen LogP contribution in [-0.4, -0.2) is 5.11 Å². The third kappa shape index (κ3) is 1.84. The molecule has 2 heteroatoms. The summed E-state index contributed by atoms with van der Waals surface area (Å²) in [5.74, 6) is -0.100. The summed E-state index contributed by atoms with van der Waals surface area (Å²) >= 11 is 0. The Balaban J connectivity index is 2.95. The Hall–Kier alpha value is -1.33. The van der Waals surface area contributed by atoms with Crippen LogP contribution in [0.5, 0.6) is 0 Å². The molecule has 0 spiro atoms. The van der Waals surface area contributed by atoms with Gasteiger partial charge in [-0.3, -0.25) is 0 Å². The molecule has 2 nitrogen and oxygen atoms in total. The Bertz CT molecular complexity index is 301. The van der Waals surface area contributed by atoms with E-state index in [2.05, 4.69) is 6.07 Å². The molecule has 12 heavy (non-hydrogen) atoms. The highest BCUT2D eigenvalue weighted by Crippen LogP contribution is 2.15. The van der Waals surface area contributed by atoms with Gasteiger partial charge < -0.3 is 5.11 Å². The predicted octanol–water partition coefficient (Wildman–Crippen LogP) is 1.81. The number of aliphatic hydroxyl groups is 1. The maximum Gasteiger partial charge on any atom is 0.0700 e. The number of benzene rings is 1. The smallest absolute Gasteiger partial charge is 0.0700 e. The molecule has 1 unspecified atom stereocenters. The molecule has 0 saturated heterocycles. The highest BCUT2D eigenvalue weighted by molar-refractivity contribution is 5.28. The Labute approximate surface area is 72.1 Å². The molecule has 0 aliphatic rings. The van der Waals surface area contributed by atoms with Crippen LogP contribution in [0.4, 0.5) is 0 Å². The van der Waals surface area contributed by atoms with E-state index in [0.717, 1.165) is 11.1 Å². The van der Waals surface area contributed by atoms with Crippen LogP contribution in [0.1, 0.15) is 24.0 Å². The summed E-state index contributed by atoms with van der Waals surface area (Å²) in [6.07, 6.45) is 0. The van der Waals surface area contributed by atoms with Crippen molar-refractivity contribution in [2.75, 3.05) is 0 Å². The van der Waals surface area contributed by atoms with Gasteiger partial charge in [0.25, 0.3) is 0 Å². The largest absolute Gasteiger partial charge is 0.392 e. The average molecular weight is 161 g/mol. The lowest BCUT2D eigenvalue weighted by Gasteiger charge is -2.03. The lowest BCUT2D eigenvalue weighted by atomic mass is 10.0. The van der Waals surface area contributed by atoms with Gasteiger partial charge in [0.2, 0.25) is 0 Å². The average Bonchev–Trinajstić information content (AvgIpc) is 2.17. The van der Waals surface area contributed by atoms with Gasteiger partial charge in [-0.25, -0.2) is 0 Å². The van der Waals surface area contributed by atoms with Crippen molar-refractivity contribution in [1.82, 2.24) is 0 Å². The molecular weight excluding hydrogens is 150 g/mol. The molecule has 0 heterocycles. The summed E-state index contributed by atoms with van der Waals surface area (Å²) in [5, 5.41) is 17.5. The fourth-order valence-electron chi connectivity index (χ4n) is 1.04. The third-order valence-electron chi connectivity index (χ3n) is 1.83. The zero-order valence-corrected chi connectivity index (χ0v) is 6.99. The molecular formula is C10H11NO. The standard InChI is InChI=1S/C10H11NO/c1-8(6-11)10-4-2-3-9(5-10)7-12/h2-5,8,12H,7H2,1H3. The van der Waals surface area contributed by atoms with Gasteiger partial charge in [-0.1, -0.05) is 24.3 Å². The van der Waals surface area contributed by atoms with Crippen molar-refractivity contribution in [1.29, 1.82) is 5.26 Å². The number of hydrogen-bond acceptors (Lipinski definition) is 2. The molecule has 0 fully saturated rings. The van der Waals surface area contributed by atoms with Crippen LogP contribution in [0.3, 0.4) is 0 Å². The van der Waals surface area contributed by atoms with Crippen molar-refractivity contribution in [2.45, 2.75) is 19.4 Å². The van der Waals surface area contributed by atoms with Gasteiger partial charge in [-0.15, -0.1) is 0 Å². The number of aliphatic hydroxyl groups excluding tert-OH is 1. The molecule has 0 bridgehead atoms. The molecule has 1 rings (SSSR count). The van der Waals surface area contributed by atoms with Crippen molar-refractivity contribution >= 4 is 0 Å². The Morgan fingerprint density at radius 1 is 1.58 bits per heavy atom. The molecule has 0 radical (unpaired) electrons. The lowest BCUT2D eigenvalue weighted by molar-refractivity contribution is 0.281. The van der Waals surface area contributed by atoms with Gasteiger partial charge in [-0.05, 0) is 18.1 Å². The molecule has 0 saturated carbocycles. The summed E-state index contributed by atoms with van der Waals surface area (Å²) in [7, 11) is 0. The maximum absolute atomic E-state index is 8.83. The molecule has 0 aliphatic carbocycles. The highest BCUT2D eigenvalue weighted by Gasteiger charge is 2.02. The summed E-state index contributed by atoms with van der Waals surface area (Å²) < 4.78 is 0. The number of rotatable bonds is 2. The first kappa shape index (κ1) is 8.76. The van der Waals surface area contributed by atoms with Gasteiger partial charge in [0, 0.05) is 0 Å². The van der Waals surface area contributed by atoms with Crippen molar-refractivity contribution in [2.24, 2.45) is 0 Å². The second kappa shape index (κ2) is 3.89. The fraction of sp³-hybridized carbons (Fsp3) is 0.300. The number of nitriles is 1. The SMILES string of the molecule is CC(C#N)c1cccc(CO)c1. The molecule has 62 valence electrons. The van der Waals surface area contributed by atoms with Gasteiger partial charge in [0.1, 0.15) is 0 Å². The molecule has 1 aromatic rings. The second-order valence-corrected chi connectivity index (χ2v) is 2.75. The molecule has 1 N–H and O–H groups in total. The zero-order valence-electron chi connectivity index (χ0n) is 6.99. The second-order valence-electron chi connectivity index (χ2n) is 2.75. The Kier molecular flexibility index (Phi) is 2.84. The van der Waals surface area contributed by atoms with Crippen LogP contribution < -0.4 is 0 Å². The van der Waals surface area contributed by atoms with Crippen LogP contribution in [0.15, 0.2) is 24.3 Å². The minimum Gasteiger partial charge on any atom is -0.392 e. The topological polar surface area (TPSA) is 44.0 Å². The van der Waals surface area contributed by atoms with Crippen LogP contribution in [-0.2, 0) is 6.61 Å². The van der Waals surface area contributed by atoms with Gasteiger partial charge >= 0.3 is 0 Å². The van der Waals surface area contributed by atoms with E-state index in [-0.39, 0.29) is 12.5 Å². The normalized spacial score (nSPS) is 12.1. The van der Waals surface area contributed by atoms with E-state index in [9.17, 15) is 0 Å². The molecule has 0 amide bonds. The monoisotopic (exact) mass is 161 g/mol.